The number of H-pyrrole nitrogens is 1. The Bertz CT molecular complexity index is 1090. The van der Waals surface area contributed by atoms with Crippen molar-refractivity contribution in [2.75, 3.05) is 11.4 Å². The monoisotopic (exact) mass is 393 g/mol. The van der Waals surface area contributed by atoms with E-state index in [0.717, 1.165) is 21.4 Å². The molecule has 0 bridgehead atoms. The van der Waals surface area contributed by atoms with E-state index in [2.05, 4.69) is 4.98 Å². The Labute approximate surface area is 166 Å². The van der Waals surface area contributed by atoms with Gasteiger partial charge in [-0.15, -0.1) is 0 Å². The number of rotatable bonds is 5. The van der Waals surface area contributed by atoms with Crippen molar-refractivity contribution in [1.82, 2.24) is 9.88 Å². The van der Waals surface area contributed by atoms with Gasteiger partial charge in [0.1, 0.15) is 11.9 Å². The maximum Gasteiger partial charge on any atom is 0.257 e. The van der Waals surface area contributed by atoms with E-state index in [9.17, 15) is 18.8 Å². The van der Waals surface area contributed by atoms with Crippen LogP contribution in [0.3, 0.4) is 0 Å². The smallest absolute Gasteiger partial charge is 0.257 e. The number of nitrogens with one attached hydrogen (secondary N) is 1. The summed E-state index contributed by atoms with van der Waals surface area (Å²) < 4.78 is 13.2. The van der Waals surface area contributed by atoms with E-state index in [1.54, 1.807) is 0 Å². The molecule has 1 saturated heterocycles. The van der Waals surface area contributed by atoms with Crippen LogP contribution in [0.25, 0.3) is 10.9 Å². The third-order valence-corrected chi connectivity index (χ3v) is 5.29. The Morgan fingerprint density at radius 2 is 1.90 bits per heavy atom. The Morgan fingerprint density at radius 1 is 1.17 bits per heavy atom. The predicted octanol–water partition coefficient (Wildman–Crippen LogP) is 3.03. The van der Waals surface area contributed by atoms with Gasteiger partial charge in [0.05, 0.1) is 12.1 Å². The third-order valence-electron chi connectivity index (χ3n) is 5.29. The molecule has 1 aliphatic rings. The molecular formula is C22H20FN3O3. The van der Waals surface area contributed by atoms with Crippen LogP contribution in [0.1, 0.15) is 18.9 Å². The number of para-hydroxylation sites is 1. The Morgan fingerprint density at radius 3 is 2.62 bits per heavy atom. The molecule has 0 spiro atoms. The largest absolute Gasteiger partial charge is 0.361 e. The maximum atomic E-state index is 13.2. The van der Waals surface area contributed by atoms with Crippen LogP contribution in [0.2, 0.25) is 0 Å². The Hall–Kier alpha value is -3.48. The number of carbonyl (C=O) groups is 3. The number of hydrogen-bond acceptors (Lipinski definition) is 3. The van der Waals surface area contributed by atoms with Crippen molar-refractivity contribution in [1.29, 1.82) is 0 Å². The van der Waals surface area contributed by atoms with Crippen molar-refractivity contribution in [3.8, 4) is 0 Å². The quantitative estimate of drug-likeness (QED) is 0.677. The fourth-order valence-corrected chi connectivity index (χ4v) is 3.83. The highest BCUT2D eigenvalue weighted by atomic mass is 19.1. The van der Waals surface area contributed by atoms with Gasteiger partial charge in [0.15, 0.2) is 0 Å². The van der Waals surface area contributed by atoms with Gasteiger partial charge >= 0.3 is 0 Å². The van der Waals surface area contributed by atoms with Gasteiger partial charge in [-0.2, -0.15) is 0 Å². The second-order valence-corrected chi connectivity index (χ2v) is 7.09. The van der Waals surface area contributed by atoms with Gasteiger partial charge in [0.25, 0.3) is 5.91 Å². The number of nitrogens with zero attached hydrogens (tertiary/aromatic N) is 2. The van der Waals surface area contributed by atoms with Crippen molar-refractivity contribution < 1.29 is 18.8 Å². The van der Waals surface area contributed by atoms with Gasteiger partial charge in [-0.1, -0.05) is 18.2 Å². The first kappa shape index (κ1) is 18.9. The SMILES string of the molecule is CC(=O)N(CCc1c[nH]c2ccccc12)C1CC(=O)N(c2ccc(F)cc2)C1=O. The van der Waals surface area contributed by atoms with E-state index in [1.165, 1.54) is 36.1 Å². The summed E-state index contributed by atoms with van der Waals surface area (Å²) in [5.41, 5.74) is 2.36. The zero-order chi connectivity index (χ0) is 20.5. The lowest BCUT2D eigenvalue weighted by Gasteiger charge is -2.26. The molecule has 1 aliphatic heterocycles. The standard InChI is InChI=1S/C22H20FN3O3/c1-14(27)25(11-10-15-13-24-19-5-3-2-4-18(15)19)20-12-21(28)26(22(20)29)17-8-6-16(23)7-9-17/h2-9,13,20,24H,10-12H2,1H3. The highest BCUT2D eigenvalue weighted by molar-refractivity contribution is 6.22. The molecule has 1 aromatic heterocycles. The number of anilines is 1. The second kappa shape index (κ2) is 7.50. The van der Waals surface area contributed by atoms with Gasteiger partial charge in [-0.05, 0) is 42.3 Å². The molecule has 3 aromatic rings. The molecule has 0 aliphatic carbocycles. The van der Waals surface area contributed by atoms with Crippen molar-refractivity contribution in [3.63, 3.8) is 0 Å². The van der Waals surface area contributed by atoms with E-state index in [4.69, 9.17) is 0 Å². The van der Waals surface area contributed by atoms with Gasteiger partial charge in [0.2, 0.25) is 11.8 Å². The number of fused-ring (bicyclic) bond motifs is 1. The molecule has 1 N–H and O–H groups in total. The first-order valence-corrected chi connectivity index (χ1v) is 9.40. The lowest BCUT2D eigenvalue weighted by Crippen LogP contribution is -2.45. The summed E-state index contributed by atoms with van der Waals surface area (Å²) >= 11 is 0. The topological polar surface area (TPSA) is 73.5 Å². The lowest BCUT2D eigenvalue weighted by molar-refractivity contribution is -0.136. The van der Waals surface area contributed by atoms with E-state index in [1.807, 2.05) is 30.5 Å². The maximum absolute atomic E-state index is 13.2. The minimum absolute atomic E-state index is 0.0797. The van der Waals surface area contributed by atoms with Crippen LogP contribution in [0, 0.1) is 5.82 Å². The number of imide groups is 1. The Kier molecular flexibility index (Phi) is 4.88. The van der Waals surface area contributed by atoms with Gasteiger partial charge < -0.3 is 9.88 Å². The molecule has 4 rings (SSSR count). The molecule has 6 nitrogen and oxygen atoms in total. The van der Waals surface area contributed by atoms with Crippen molar-refractivity contribution in [2.45, 2.75) is 25.8 Å². The third kappa shape index (κ3) is 3.51. The molecule has 2 aromatic carbocycles. The number of aromatic nitrogens is 1. The molecule has 29 heavy (non-hydrogen) atoms. The van der Waals surface area contributed by atoms with Crippen LogP contribution in [0.5, 0.6) is 0 Å². The number of halogens is 1. The average molecular weight is 393 g/mol. The van der Waals surface area contributed by atoms with E-state index < -0.39 is 23.7 Å². The first-order chi connectivity index (χ1) is 14.0. The summed E-state index contributed by atoms with van der Waals surface area (Å²) in [7, 11) is 0. The van der Waals surface area contributed by atoms with Crippen LogP contribution in [0.15, 0.2) is 54.7 Å². The minimum atomic E-state index is -0.852. The summed E-state index contributed by atoms with van der Waals surface area (Å²) in [6.07, 6.45) is 2.37. The summed E-state index contributed by atoms with van der Waals surface area (Å²) in [5.74, 6) is -1.58. The number of amides is 3. The molecule has 1 fully saturated rings. The van der Waals surface area contributed by atoms with Gasteiger partial charge in [0, 0.05) is 30.6 Å². The molecule has 0 radical (unpaired) electrons. The molecule has 2 heterocycles. The predicted molar refractivity (Wildman–Crippen MR) is 107 cm³/mol. The van der Waals surface area contributed by atoms with Crippen LogP contribution >= 0.6 is 0 Å². The van der Waals surface area contributed by atoms with Crippen LogP contribution in [-0.2, 0) is 20.8 Å². The molecule has 1 atom stereocenters. The van der Waals surface area contributed by atoms with Crippen molar-refractivity contribution in [3.05, 3.63) is 66.1 Å². The number of hydrogen-bond donors (Lipinski definition) is 1. The fraction of sp³-hybridized carbons (Fsp3) is 0.227. The zero-order valence-electron chi connectivity index (χ0n) is 15.9. The van der Waals surface area contributed by atoms with Gasteiger partial charge in [-0.25, -0.2) is 9.29 Å². The first-order valence-electron chi connectivity index (χ1n) is 9.40. The minimum Gasteiger partial charge on any atom is -0.361 e. The molecule has 0 saturated carbocycles. The number of aromatic amines is 1. The summed E-state index contributed by atoms with van der Waals surface area (Å²) in [6, 6.07) is 12.2. The molecule has 148 valence electrons. The van der Waals surface area contributed by atoms with Gasteiger partial charge in [-0.3, -0.25) is 14.4 Å². The fourth-order valence-electron chi connectivity index (χ4n) is 3.83. The number of benzene rings is 2. The van der Waals surface area contributed by atoms with Crippen molar-refractivity contribution >= 4 is 34.3 Å². The average Bonchev–Trinajstić information content (AvgIpc) is 3.24. The zero-order valence-corrected chi connectivity index (χ0v) is 15.9. The number of carbonyl (C=O) groups excluding carboxylic acids is 3. The highest BCUT2D eigenvalue weighted by Gasteiger charge is 2.43. The normalized spacial score (nSPS) is 16.6. The summed E-state index contributed by atoms with van der Waals surface area (Å²) in [4.78, 5) is 43.4. The summed E-state index contributed by atoms with van der Waals surface area (Å²) in [6.45, 7) is 1.71. The van der Waals surface area contributed by atoms with Crippen LogP contribution < -0.4 is 4.90 Å². The lowest BCUT2D eigenvalue weighted by atomic mass is 10.1. The Balaban J connectivity index is 1.54. The molecular weight excluding hydrogens is 373 g/mol. The van der Waals surface area contributed by atoms with E-state index >= 15 is 0 Å². The van der Waals surface area contributed by atoms with Crippen molar-refractivity contribution in [2.24, 2.45) is 0 Å². The second-order valence-electron chi connectivity index (χ2n) is 7.09. The van der Waals surface area contributed by atoms with Crippen LogP contribution in [-0.4, -0.2) is 40.2 Å². The van der Waals surface area contributed by atoms with Crippen LogP contribution in [0.4, 0.5) is 10.1 Å². The van der Waals surface area contributed by atoms with E-state index in [0.29, 0.717) is 18.7 Å². The molecule has 1 unspecified atom stereocenters. The molecule has 7 heteroatoms. The highest BCUT2D eigenvalue weighted by Crippen LogP contribution is 2.27. The molecule has 3 amide bonds. The summed E-state index contributed by atoms with van der Waals surface area (Å²) in [5, 5.41) is 1.07. The van der Waals surface area contributed by atoms with E-state index in [-0.39, 0.29) is 12.3 Å².